The summed E-state index contributed by atoms with van der Waals surface area (Å²) in [5, 5.41) is 2.76. The van der Waals surface area contributed by atoms with Crippen LogP contribution in [0.25, 0.3) is 11.3 Å². The van der Waals surface area contributed by atoms with Gasteiger partial charge in [-0.05, 0) is 18.2 Å². The Morgan fingerprint density at radius 2 is 2.00 bits per heavy atom. The van der Waals surface area contributed by atoms with Crippen LogP contribution in [0.4, 0.5) is 5.69 Å². The molecule has 0 radical (unpaired) electrons. The lowest BCUT2D eigenvalue weighted by atomic mass is 10.1. The van der Waals surface area contributed by atoms with Gasteiger partial charge in [0.25, 0.3) is 5.56 Å². The topological polar surface area (TPSA) is 77.1 Å². The lowest BCUT2D eigenvalue weighted by Gasteiger charge is -2.07. The first-order valence-electron chi connectivity index (χ1n) is 7.10. The number of pyridine rings is 1. The predicted molar refractivity (Wildman–Crippen MR) is 86.0 cm³/mol. The smallest absolute Gasteiger partial charge is 0.250 e. The van der Waals surface area contributed by atoms with Crippen molar-refractivity contribution in [2.24, 2.45) is 0 Å². The number of oxazole rings is 1. The first-order valence-corrected chi connectivity index (χ1v) is 7.10. The summed E-state index contributed by atoms with van der Waals surface area (Å²) < 4.78 is 6.53. The molecule has 0 fully saturated rings. The number of carbonyl (C=O) groups is 1. The van der Waals surface area contributed by atoms with E-state index in [9.17, 15) is 9.59 Å². The zero-order valence-electron chi connectivity index (χ0n) is 12.5. The molecular weight excluding hydrogens is 294 g/mol. The Balaban J connectivity index is 1.67. The average molecular weight is 309 g/mol. The van der Waals surface area contributed by atoms with Gasteiger partial charge in [-0.1, -0.05) is 18.2 Å². The van der Waals surface area contributed by atoms with Gasteiger partial charge in [0.05, 0.1) is 0 Å². The van der Waals surface area contributed by atoms with Crippen molar-refractivity contribution >= 4 is 11.6 Å². The molecule has 0 aliphatic rings. The summed E-state index contributed by atoms with van der Waals surface area (Å²) in [5.41, 5.74) is 2.10. The summed E-state index contributed by atoms with van der Waals surface area (Å²) >= 11 is 0. The van der Waals surface area contributed by atoms with Crippen molar-refractivity contribution in [2.45, 2.75) is 13.5 Å². The second-order valence-electron chi connectivity index (χ2n) is 5.04. The highest BCUT2D eigenvalue weighted by molar-refractivity contribution is 5.90. The minimum absolute atomic E-state index is 0.0239. The maximum atomic E-state index is 12.0. The fourth-order valence-corrected chi connectivity index (χ4v) is 2.17. The number of anilines is 1. The van der Waals surface area contributed by atoms with Gasteiger partial charge in [-0.15, -0.1) is 0 Å². The molecule has 3 aromatic rings. The summed E-state index contributed by atoms with van der Waals surface area (Å²) in [5.74, 6) is 0.342. The van der Waals surface area contributed by atoms with Gasteiger partial charge in [0, 0.05) is 30.4 Å². The minimum atomic E-state index is -0.261. The number of amides is 1. The van der Waals surface area contributed by atoms with E-state index in [4.69, 9.17) is 4.42 Å². The van der Waals surface area contributed by atoms with Crippen LogP contribution in [0, 0.1) is 6.92 Å². The third-order valence-corrected chi connectivity index (χ3v) is 3.30. The number of carbonyl (C=O) groups excluding carboxylic acids is 1. The first kappa shape index (κ1) is 14.8. The zero-order valence-corrected chi connectivity index (χ0v) is 12.5. The van der Waals surface area contributed by atoms with Gasteiger partial charge in [-0.25, -0.2) is 4.98 Å². The Morgan fingerprint density at radius 3 is 2.65 bits per heavy atom. The highest BCUT2D eigenvalue weighted by atomic mass is 16.3. The molecular formula is C17H15N3O3. The number of aryl methyl sites for hydroxylation is 1. The van der Waals surface area contributed by atoms with Crippen molar-refractivity contribution in [3.63, 3.8) is 0 Å². The standard InChI is InChI=1S/C17H15N3O3/c1-12-18-15(11-23-12)13-5-7-14(8-6-13)19-16(21)10-20-9-3-2-4-17(20)22/h2-9,11H,10H2,1H3,(H,19,21). The molecule has 116 valence electrons. The summed E-state index contributed by atoms with van der Waals surface area (Å²) in [4.78, 5) is 27.8. The van der Waals surface area contributed by atoms with Gasteiger partial charge in [0.2, 0.25) is 5.91 Å². The summed E-state index contributed by atoms with van der Waals surface area (Å²) in [6.45, 7) is 1.76. The number of nitrogens with zero attached hydrogens (tertiary/aromatic N) is 2. The van der Waals surface area contributed by atoms with Crippen LogP contribution in [0.2, 0.25) is 0 Å². The molecule has 0 unspecified atom stereocenters. The Morgan fingerprint density at radius 1 is 1.22 bits per heavy atom. The molecule has 0 bridgehead atoms. The van der Waals surface area contributed by atoms with Gasteiger partial charge in [0.1, 0.15) is 18.5 Å². The summed E-state index contributed by atoms with van der Waals surface area (Å²) in [7, 11) is 0. The monoisotopic (exact) mass is 309 g/mol. The van der Waals surface area contributed by atoms with Crippen LogP contribution < -0.4 is 10.9 Å². The molecule has 0 saturated heterocycles. The Hall–Kier alpha value is -3.15. The van der Waals surface area contributed by atoms with E-state index in [1.807, 2.05) is 12.1 Å². The lowest BCUT2D eigenvalue weighted by molar-refractivity contribution is -0.116. The van der Waals surface area contributed by atoms with Crippen LogP contribution >= 0.6 is 0 Å². The fourth-order valence-electron chi connectivity index (χ4n) is 2.17. The van der Waals surface area contributed by atoms with E-state index < -0.39 is 0 Å². The van der Waals surface area contributed by atoms with Crippen molar-refractivity contribution in [1.82, 2.24) is 9.55 Å². The maximum absolute atomic E-state index is 12.0. The van der Waals surface area contributed by atoms with Crippen LogP contribution in [0.1, 0.15) is 5.89 Å². The fraction of sp³-hybridized carbons (Fsp3) is 0.118. The largest absolute Gasteiger partial charge is 0.449 e. The number of hydrogen-bond donors (Lipinski definition) is 1. The van der Waals surface area contributed by atoms with E-state index in [0.717, 1.165) is 11.3 Å². The average Bonchev–Trinajstić information content (AvgIpc) is 2.97. The second kappa shape index (κ2) is 6.31. The highest BCUT2D eigenvalue weighted by Crippen LogP contribution is 2.20. The Labute approximate surface area is 132 Å². The van der Waals surface area contributed by atoms with Crippen LogP contribution in [-0.4, -0.2) is 15.5 Å². The SMILES string of the molecule is Cc1nc(-c2ccc(NC(=O)Cn3ccccc3=O)cc2)co1. The summed E-state index contributed by atoms with van der Waals surface area (Å²) in [6.07, 6.45) is 3.17. The van der Waals surface area contributed by atoms with Crippen molar-refractivity contribution < 1.29 is 9.21 Å². The highest BCUT2D eigenvalue weighted by Gasteiger charge is 2.06. The normalized spacial score (nSPS) is 10.5. The van der Waals surface area contributed by atoms with Crippen LogP contribution in [-0.2, 0) is 11.3 Å². The quantitative estimate of drug-likeness (QED) is 0.803. The molecule has 6 heteroatoms. The lowest BCUT2D eigenvalue weighted by Crippen LogP contribution is -2.26. The van der Waals surface area contributed by atoms with Gasteiger partial charge in [0.15, 0.2) is 5.89 Å². The maximum Gasteiger partial charge on any atom is 0.250 e. The molecule has 0 aliphatic heterocycles. The predicted octanol–water partition coefficient (Wildman–Crippen LogP) is 2.45. The first-order chi connectivity index (χ1) is 11.1. The number of benzene rings is 1. The second-order valence-corrected chi connectivity index (χ2v) is 5.04. The number of nitrogens with one attached hydrogen (secondary N) is 1. The van der Waals surface area contributed by atoms with E-state index in [0.29, 0.717) is 11.6 Å². The molecule has 6 nitrogen and oxygen atoms in total. The molecule has 0 aliphatic carbocycles. The van der Waals surface area contributed by atoms with Gasteiger partial charge >= 0.3 is 0 Å². The van der Waals surface area contributed by atoms with Gasteiger partial charge < -0.3 is 14.3 Å². The molecule has 0 saturated carbocycles. The molecule has 1 amide bonds. The number of rotatable bonds is 4. The Kier molecular flexibility index (Phi) is 4.05. The Bertz CT molecular complexity index is 878. The number of hydrogen-bond acceptors (Lipinski definition) is 4. The molecule has 0 atom stereocenters. The van der Waals surface area contributed by atoms with Crippen LogP contribution in [0.5, 0.6) is 0 Å². The summed E-state index contributed by atoms with van der Waals surface area (Å²) in [6, 6.07) is 12.0. The molecule has 1 aromatic carbocycles. The van der Waals surface area contributed by atoms with Crippen molar-refractivity contribution in [3.05, 3.63) is 71.2 Å². The van der Waals surface area contributed by atoms with Gasteiger partial charge in [-0.3, -0.25) is 9.59 Å². The van der Waals surface area contributed by atoms with Crippen molar-refractivity contribution in [1.29, 1.82) is 0 Å². The molecule has 2 heterocycles. The van der Waals surface area contributed by atoms with E-state index >= 15 is 0 Å². The van der Waals surface area contributed by atoms with E-state index in [1.165, 1.54) is 10.6 Å². The van der Waals surface area contributed by atoms with Crippen LogP contribution in [0.3, 0.4) is 0 Å². The molecule has 0 spiro atoms. The van der Waals surface area contributed by atoms with Gasteiger partial charge in [-0.2, -0.15) is 0 Å². The minimum Gasteiger partial charge on any atom is -0.449 e. The van der Waals surface area contributed by atoms with E-state index in [2.05, 4.69) is 10.3 Å². The number of aromatic nitrogens is 2. The van der Waals surface area contributed by atoms with Crippen molar-refractivity contribution in [2.75, 3.05) is 5.32 Å². The molecule has 2 aromatic heterocycles. The van der Waals surface area contributed by atoms with E-state index in [-0.39, 0.29) is 18.0 Å². The third kappa shape index (κ3) is 3.55. The molecule has 1 N–H and O–H groups in total. The van der Waals surface area contributed by atoms with Crippen LogP contribution in [0.15, 0.2) is 64.1 Å². The van der Waals surface area contributed by atoms with E-state index in [1.54, 1.807) is 43.6 Å². The molecule has 3 rings (SSSR count). The zero-order chi connectivity index (χ0) is 16.2. The third-order valence-electron chi connectivity index (χ3n) is 3.30. The molecule has 23 heavy (non-hydrogen) atoms. The van der Waals surface area contributed by atoms with Crippen molar-refractivity contribution in [3.8, 4) is 11.3 Å².